The Morgan fingerprint density at radius 3 is 2.05 bits per heavy atom. The quantitative estimate of drug-likeness (QED) is 0.157. The molecule has 2 N–H and O–H groups in total. The van der Waals surface area contributed by atoms with E-state index in [1.54, 1.807) is 55.3 Å². The summed E-state index contributed by atoms with van der Waals surface area (Å²) in [7, 11) is 1.61. The maximum Gasteiger partial charge on any atom is 0.260 e. The summed E-state index contributed by atoms with van der Waals surface area (Å²) in [5.41, 5.74) is 4.03. The molecule has 3 aliphatic rings. The number of aromatic nitrogens is 6. The van der Waals surface area contributed by atoms with Gasteiger partial charge < -0.3 is 19.8 Å². The highest BCUT2D eigenvalue weighted by Crippen LogP contribution is 2.49. The molecule has 1 unspecified atom stereocenters. The molecule has 3 saturated carbocycles. The van der Waals surface area contributed by atoms with Gasteiger partial charge in [0, 0.05) is 99.0 Å². The van der Waals surface area contributed by atoms with Gasteiger partial charge in [-0.25, -0.2) is 27.5 Å². The van der Waals surface area contributed by atoms with Crippen LogP contribution in [0.25, 0.3) is 44.1 Å². The van der Waals surface area contributed by atoms with Crippen molar-refractivity contribution < 1.29 is 30.0 Å². The number of hydrogen-bond donors (Lipinski definition) is 2. The van der Waals surface area contributed by atoms with Crippen LogP contribution in [0.4, 0.5) is 29.2 Å². The van der Waals surface area contributed by atoms with Crippen LogP contribution in [-0.4, -0.2) is 53.0 Å². The normalized spacial score (nSPS) is 19.1. The SMILES string of the molecule is Cc1c(F)cncc1-c1cc2cnc(NC(=O)[C@H]3C[C@@H]3F)cc2n(CC2CC2)c1=O.Cc1ccncc1-c1cc2cnc(NC(=O)C3CC3(F)F)cc2n(C)c1=O.[HH].[HH]. The maximum absolute atomic E-state index is 14.1. The number of halogens is 4. The van der Waals surface area contributed by atoms with Crippen molar-refractivity contribution in [2.45, 2.75) is 58.2 Å². The average molecular weight is 785 g/mol. The Kier molecular flexibility index (Phi) is 9.44. The van der Waals surface area contributed by atoms with Gasteiger partial charge in [0.15, 0.2) is 0 Å². The van der Waals surface area contributed by atoms with Crippen molar-refractivity contribution in [3.8, 4) is 22.3 Å². The van der Waals surface area contributed by atoms with E-state index < -0.39 is 48.0 Å². The number of nitrogens with zero attached hydrogens (tertiary/aromatic N) is 6. The van der Waals surface area contributed by atoms with Crippen LogP contribution in [0.2, 0.25) is 0 Å². The van der Waals surface area contributed by atoms with Crippen LogP contribution in [0.3, 0.4) is 0 Å². The molecule has 2 amide bonds. The molecule has 3 fully saturated rings. The molecule has 6 aromatic rings. The van der Waals surface area contributed by atoms with E-state index in [1.165, 1.54) is 23.0 Å². The van der Waals surface area contributed by atoms with Crippen molar-refractivity contribution in [1.82, 2.24) is 29.1 Å². The number of rotatable bonds is 8. The summed E-state index contributed by atoms with van der Waals surface area (Å²) in [6, 6.07) is 8.38. The van der Waals surface area contributed by atoms with Crippen molar-refractivity contribution in [2.24, 2.45) is 24.8 Å². The third-order valence-electron chi connectivity index (χ3n) is 10.7. The summed E-state index contributed by atoms with van der Waals surface area (Å²) >= 11 is 0. The van der Waals surface area contributed by atoms with E-state index in [0.29, 0.717) is 56.5 Å². The van der Waals surface area contributed by atoms with Crippen LogP contribution in [0, 0.1) is 37.4 Å². The molecule has 57 heavy (non-hydrogen) atoms. The van der Waals surface area contributed by atoms with E-state index in [2.05, 4.69) is 30.6 Å². The lowest BCUT2D eigenvalue weighted by atomic mass is 10.0. The van der Waals surface area contributed by atoms with E-state index in [9.17, 15) is 36.7 Å². The Morgan fingerprint density at radius 1 is 0.842 bits per heavy atom. The maximum atomic E-state index is 14.1. The summed E-state index contributed by atoms with van der Waals surface area (Å²) in [6.07, 6.45) is 9.77. The standard InChI is InChI=1S/C22H20F2N4O2.C19H16F2N4O2.2H2/c1-11-16(8-25-9-18(11)24)14-4-13-7-26-20(27-21(29)15-5-17(15)23)6-19(13)28(22(14)30)10-12-2-3-12;1-10-3-4-22-9-13(10)12-5-11-8-23-16(6-15(11)25(2)18(12)27)24-17(26)14-7-19(14,20)21;;/h4,6-9,12,15,17H,2-3,5,10H2,1H3,(H,26,27,29);3-6,8-9,14H,7H2,1-2H3,(H,23,24,26);2*1H/t15-,17-;;;/m0.../s1. The summed E-state index contributed by atoms with van der Waals surface area (Å²) in [4.78, 5) is 66.4. The van der Waals surface area contributed by atoms with Gasteiger partial charge in [-0.05, 0) is 68.4 Å². The molecule has 6 aromatic heterocycles. The van der Waals surface area contributed by atoms with Crippen LogP contribution in [-0.2, 0) is 23.2 Å². The number of pyridine rings is 6. The second-order valence-electron chi connectivity index (χ2n) is 14.9. The Bertz CT molecular complexity index is 2760. The number of nitrogens with one attached hydrogen (secondary N) is 2. The number of carbonyl (C=O) groups excluding carboxylic acids is 2. The molecule has 0 bridgehead atoms. The van der Waals surface area contributed by atoms with Gasteiger partial charge in [0.1, 0.15) is 29.5 Å². The molecule has 3 aliphatic carbocycles. The lowest BCUT2D eigenvalue weighted by molar-refractivity contribution is -0.119. The van der Waals surface area contributed by atoms with Crippen LogP contribution in [0.1, 0.15) is 39.7 Å². The second kappa shape index (κ2) is 14.3. The molecule has 0 radical (unpaired) electrons. The molecule has 6 heterocycles. The van der Waals surface area contributed by atoms with Crippen molar-refractivity contribution in [3.63, 3.8) is 0 Å². The highest BCUT2D eigenvalue weighted by molar-refractivity contribution is 5.97. The zero-order chi connectivity index (χ0) is 40.3. The second-order valence-corrected chi connectivity index (χ2v) is 14.9. The number of hydrogen-bond acceptors (Lipinski definition) is 8. The largest absolute Gasteiger partial charge is 0.311 e. The van der Waals surface area contributed by atoms with Gasteiger partial charge in [-0.2, -0.15) is 0 Å². The Labute approximate surface area is 325 Å². The third-order valence-corrected chi connectivity index (χ3v) is 10.7. The van der Waals surface area contributed by atoms with E-state index in [4.69, 9.17) is 0 Å². The predicted octanol–water partition coefficient (Wildman–Crippen LogP) is 7.00. The fraction of sp³-hybridized carbons (Fsp3) is 0.317. The predicted molar refractivity (Wildman–Crippen MR) is 209 cm³/mol. The van der Waals surface area contributed by atoms with Gasteiger partial charge in [0.25, 0.3) is 17.0 Å². The zero-order valence-electron chi connectivity index (χ0n) is 31.0. The summed E-state index contributed by atoms with van der Waals surface area (Å²) in [5, 5.41) is 6.42. The lowest BCUT2D eigenvalue weighted by Crippen LogP contribution is -2.24. The Balaban J connectivity index is 0.000000193. The topological polar surface area (TPSA) is 154 Å². The molecule has 296 valence electrons. The van der Waals surface area contributed by atoms with E-state index >= 15 is 0 Å². The first-order valence-corrected chi connectivity index (χ1v) is 18.4. The molecule has 9 rings (SSSR count). The molecule has 0 saturated heterocycles. The summed E-state index contributed by atoms with van der Waals surface area (Å²) < 4.78 is 56.4. The number of aryl methyl sites for hydroxylation is 2. The van der Waals surface area contributed by atoms with E-state index in [0.717, 1.165) is 30.2 Å². The Morgan fingerprint density at radius 2 is 1.44 bits per heavy atom. The summed E-state index contributed by atoms with van der Waals surface area (Å²) in [6.45, 7) is 4.05. The van der Waals surface area contributed by atoms with Crippen LogP contribution < -0.4 is 21.8 Å². The number of amides is 2. The van der Waals surface area contributed by atoms with Crippen molar-refractivity contribution in [2.75, 3.05) is 10.6 Å². The molecule has 16 heteroatoms. The highest BCUT2D eigenvalue weighted by Gasteiger charge is 2.61. The van der Waals surface area contributed by atoms with Crippen molar-refractivity contribution in [1.29, 1.82) is 0 Å². The minimum absolute atomic E-state index is 0. The van der Waals surface area contributed by atoms with Crippen LogP contribution in [0.5, 0.6) is 0 Å². The lowest BCUT2D eigenvalue weighted by Gasteiger charge is -2.15. The average Bonchev–Trinajstić information content (AvgIpc) is 4.13. The van der Waals surface area contributed by atoms with Gasteiger partial charge in [-0.3, -0.25) is 29.1 Å². The molecular formula is C41H40F4N8O4. The highest BCUT2D eigenvalue weighted by atomic mass is 19.3. The van der Waals surface area contributed by atoms with E-state index in [1.807, 2.05) is 13.0 Å². The van der Waals surface area contributed by atoms with Crippen molar-refractivity contribution >= 4 is 45.3 Å². The number of alkyl halides is 3. The van der Waals surface area contributed by atoms with E-state index in [-0.39, 0.29) is 32.0 Å². The fourth-order valence-electron chi connectivity index (χ4n) is 6.78. The minimum atomic E-state index is -2.94. The summed E-state index contributed by atoms with van der Waals surface area (Å²) in [5.74, 6) is -5.67. The smallest absolute Gasteiger partial charge is 0.260 e. The first-order chi connectivity index (χ1) is 27.2. The molecule has 0 aliphatic heterocycles. The number of anilines is 2. The van der Waals surface area contributed by atoms with Gasteiger partial charge in [0.2, 0.25) is 11.8 Å². The zero-order valence-corrected chi connectivity index (χ0v) is 31.0. The van der Waals surface area contributed by atoms with Gasteiger partial charge in [-0.1, -0.05) is 0 Å². The fourth-order valence-corrected chi connectivity index (χ4v) is 6.78. The minimum Gasteiger partial charge on any atom is -0.311 e. The Hall–Kier alpha value is -6.32. The number of fused-ring (bicyclic) bond motifs is 2. The van der Waals surface area contributed by atoms with Gasteiger partial charge in [-0.15, -0.1) is 0 Å². The molecule has 12 nitrogen and oxygen atoms in total. The van der Waals surface area contributed by atoms with Crippen molar-refractivity contribution in [3.05, 3.63) is 105 Å². The van der Waals surface area contributed by atoms with Crippen LogP contribution in [0.15, 0.2) is 77.1 Å². The first kappa shape index (κ1) is 37.6. The monoisotopic (exact) mass is 784 g/mol. The van der Waals surface area contributed by atoms with Gasteiger partial charge >= 0.3 is 0 Å². The molecule has 0 aromatic carbocycles. The molecule has 3 atom stereocenters. The molecular weight excluding hydrogens is 744 g/mol. The third kappa shape index (κ3) is 7.50. The number of carbonyl (C=O) groups is 2. The van der Waals surface area contributed by atoms with Crippen LogP contribution >= 0.6 is 0 Å². The molecule has 0 spiro atoms. The first-order valence-electron chi connectivity index (χ1n) is 18.4. The van der Waals surface area contributed by atoms with Gasteiger partial charge in [0.05, 0.1) is 23.1 Å².